The Labute approximate surface area is 206 Å². The lowest BCUT2D eigenvalue weighted by molar-refractivity contribution is -0.137. The first-order valence-electron chi connectivity index (χ1n) is 11.9. The SMILES string of the molecule is COc1ccc(F)c(-c2cc(COc3ccc([C@H](C=C(C)C)CC(=O)O)cc3)ccc2C2CC2)c1. The average Bonchev–Trinajstić information content (AvgIpc) is 3.68. The number of benzene rings is 3. The van der Waals surface area contributed by atoms with Gasteiger partial charge < -0.3 is 14.6 Å². The van der Waals surface area contributed by atoms with Crippen LogP contribution in [0.1, 0.15) is 61.6 Å². The Bertz CT molecular complexity index is 1220. The first-order valence-corrected chi connectivity index (χ1v) is 11.9. The zero-order chi connectivity index (χ0) is 24.9. The zero-order valence-electron chi connectivity index (χ0n) is 20.4. The number of methoxy groups -OCH3 is 1. The molecule has 182 valence electrons. The van der Waals surface area contributed by atoms with Gasteiger partial charge in [0.1, 0.15) is 23.9 Å². The smallest absolute Gasteiger partial charge is 0.304 e. The normalized spacial score (nSPS) is 13.7. The second-order valence-electron chi connectivity index (χ2n) is 9.35. The molecule has 3 aromatic carbocycles. The van der Waals surface area contributed by atoms with Crippen LogP contribution < -0.4 is 9.47 Å². The van der Waals surface area contributed by atoms with Crippen molar-refractivity contribution in [3.63, 3.8) is 0 Å². The van der Waals surface area contributed by atoms with Gasteiger partial charge in [0.05, 0.1) is 13.5 Å². The number of allylic oxidation sites excluding steroid dienone is 2. The number of ether oxygens (including phenoxy) is 2. The van der Waals surface area contributed by atoms with E-state index in [1.54, 1.807) is 19.2 Å². The van der Waals surface area contributed by atoms with Gasteiger partial charge in [0.25, 0.3) is 0 Å². The Hall–Kier alpha value is -3.60. The summed E-state index contributed by atoms with van der Waals surface area (Å²) in [6.07, 6.45) is 4.26. The van der Waals surface area contributed by atoms with Gasteiger partial charge >= 0.3 is 5.97 Å². The zero-order valence-corrected chi connectivity index (χ0v) is 20.4. The summed E-state index contributed by atoms with van der Waals surface area (Å²) in [6, 6.07) is 18.5. The maximum atomic E-state index is 14.8. The Morgan fingerprint density at radius 3 is 2.37 bits per heavy atom. The molecule has 1 aliphatic rings. The molecule has 4 nitrogen and oxygen atoms in total. The molecule has 0 amide bonds. The van der Waals surface area contributed by atoms with Crippen molar-refractivity contribution in [2.75, 3.05) is 7.11 Å². The number of hydrogen-bond acceptors (Lipinski definition) is 3. The topological polar surface area (TPSA) is 55.8 Å². The molecule has 3 aromatic rings. The third kappa shape index (κ3) is 6.30. The van der Waals surface area contributed by atoms with Crippen LogP contribution in [0.4, 0.5) is 4.39 Å². The third-order valence-electron chi connectivity index (χ3n) is 6.24. The van der Waals surface area contributed by atoms with Crippen molar-refractivity contribution in [2.45, 2.75) is 51.6 Å². The molecule has 35 heavy (non-hydrogen) atoms. The van der Waals surface area contributed by atoms with Gasteiger partial charge in [-0.05, 0) is 91.3 Å². The lowest BCUT2D eigenvalue weighted by Crippen LogP contribution is -2.05. The molecule has 0 bridgehead atoms. The molecule has 0 aliphatic heterocycles. The van der Waals surface area contributed by atoms with E-state index in [0.29, 0.717) is 29.6 Å². The second kappa shape index (κ2) is 10.8. The summed E-state index contributed by atoms with van der Waals surface area (Å²) in [5.74, 6) is 0.513. The molecule has 1 aliphatic carbocycles. The number of hydrogen-bond donors (Lipinski definition) is 1. The minimum Gasteiger partial charge on any atom is -0.497 e. The predicted molar refractivity (Wildman–Crippen MR) is 136 cm³/mol. The van der Waals surface area contributed by atoms with E-state index < -0.39 is 5.97 Å². The van der Waals surface area contributed by atoms with Gasteiger partial charge in [-0.25, -0.2) is 4.39 Å². The van der Waals surface area contributed by atoms with Crippen LogP contribution in [0.3, 0.4) is 0 Å². The van der Waals surface area contributed by atoms with Crippen molar-refractivity contribution in [3.8, 4) is 22.6 Å². The van der Waals surface area contributed by atoms with E-state index in [1.807, 2.05) is 56.3 Å². The van der Waals surface area contributed by atoms with Crippen LogP contribution in [0.2, 0.25) is 0 Å². The molecule has 0 aromatic heterocycles. The number of rotatable bonds is 10. The molecular formula is C30H31FO4. The number of carbonyl (C=O) groups is 1. The molecular weight excluding hydrogens is 443 g/mol. The highest BCUT2D eigenvalue weighted by Crippen LogP contribution is 2.45. The van der Waals surface area contributed by atoms with Crippen LogP contribution in [0.25, 0.3) is 11.1 Å². The summed E-state index contributed by atoms with van der Waals surface area (Å²) in [7, 11) is 1.58. The van der Waals surface area contributed by atoms with Gasteiger partial charge in [0, 0.05) is 11.5 Å². The quantitative estimate of drug-likeness (QED) is 0.310. The summed E-state index contributed by atoms with van der Waals surface area (Å²) in [5.41, 5.74) is 5.55. The minimum absolute atomic E-state index is 0.0440. The van der Waals surface area contributed by atoms with Gasteiger partial charge in [-0.2, -0.15) is 0 Å². The van der Waals surface area contributed by atoms with Gasteiger partial charge in [0.2, 0.25) is 0 Å². The van der Waals surface area contributed by atoms with Gasteiger partial charge in [-0.1, -0.05) is 35.9 Å². The summed E-state index contributed by atoms with van der Waals surface area (Å²) in [4.78, 5) is 11.3. The predicted octanol–water partition coefficient (Wildman–Crippen LogP) is 7.48. The molecule has 1 atom stereocenters. The van der Waals surface area contributed by atoms with Crippen LogP contribution in [-0.2, 0) is 11.4 Å². The van der Waals surface area contributed by atoms with E-state index in [-0.39, 0.29) is 18.2 Å². The summed E-state index contributed by atoms with van der Waals surface area (Å²) >= 11 is 0. The average molecular weight is 475 g/mol. The van der Waals surface area contributed by atoms with Crippen molar-refractivity contribution in [1.82, 2.24) is 0 Å². The molecule has 1 saturated carbocycles. The first-order chi connectivity index (χ1) is 16.8. The summed E-state index contributed by atoms with van der Waals surface area (Å²) < 4.78 is 26.1. The molecule has 1 fully saturated rings. The van der Waals surface area contributed by atoms with E-state index in [0.717, 1.165) is 40.7 Å². The molecule has 5 heteroatoms. The fourth-order valence-electron chi connectivity index (χ4n) is 4.36. The Kier molecular flexibility index (Phi) is 7.54. The van der Waals surface area contributed by atoms with Crippen LogP contribution in [0.15, 0.2) is 72.3 Å². The highest BCUT2D eigenvalue weighted by Gasteiger charge is 2.27. The monoisotopic (exact) mass is 474 g/mol. The van der Waals surface area contributed by atoms with Crippen molar-refractivity contribution in [2.24, 2.45) is 0 Å². The molecule has 0 heterocycles. The maximum Gasteiger partial charge on any atom is 0.304 e. The van der Waals surface area contributed by atoms with E-state index in [2.05, 4.69) is 6.07 Å². The number of carboxylic acid groups (broad SMARTS) is 1. The van der Waals surface area contributed by atoms with Crippen molar-refractivity contribution < 1.29 is 23.8 Å². The number of carboxylic acids is 1. The fourth-order valence-corrected chi connectivity index (χ4v) is 4.36. The highest BCUT2D eigenvalue weighted by molar-refractivity contribution is 5.71. The Balaban J connectivity index is 1.53. The van der Waals surface area contributed by atoms with Gasteiger partial charge in [-0.3, -0.25) is 4.79 Å². The highest BCUT2D eigenvalue weighted by atomic mass is 19.1. The van der Waals surface area contributed by atoms with Crippen LogP contribution in [0, 0.1) is 5.82 Å². The Morgan fingerprint density at radius 1 is 1.03 bits per heavy atom. The molecule has 1 N–H and O–H groups in total. The molecule has 0 spiro atoms. The second-order valence-corrected chi connectivity index (χ2v) is 9.35. The van der Waals surface area contributed by atoms with E-state index >= 15 is 0 Å². The molecule has 0 radical (unpaired) electrons. The van der Waals surface area contributed by atoms with Gasteiger partial charge in [0.15, 0.2) is 0 Å². The van der Waals surface area contributed by atoms with Crippen molar-refractivity contribution >= 4 is 5.97 Å². The van der Waals surface area contributed by atoms with E-state index in [4.69, 9.17) is 9.47 Å². The van der Waals surface area contributed by atoms with Crippen molar-refractivity contribution in [3.05, 3.63) is 94.8 Å². The summed E-state index contributed by atoms with van der Waals surface area (Å²) in [6.45, 7) is 4.27. The van der Waals surface area contributed by atoms with Crippen molar-refractivity contribution in [1.29, 1.82) is 0 Å². The fraction of sp³-hybridized carbons (Fsp3) is 0.300. The lowest BCUT2D eigenvalue weighted by Gasteiger charge is -2.15. The first kappa shape index (κ1) is 24.5. The van der Waals surface area contributed by atoms with Crippen LogP contribution in [0.5, 0.6) is 11.5 Å². The van der Waals surface area contributed by atoms with Crippen LogP contribution in [-0.4, -0.2) is 18.2 Å². The minimum atomic E-state index is -0.828. The Morgan fingerprint density at radius 2 is 1.74 bits per heavy atom. The van der Waals surface area contributed by atoms with Crippen LogP contribution >= 0.6 is 0 Å². The maximum absolute atomic E-state index is 14.8. The van der Waals surface area contributed by atoms with E-state index in [9.17, 15) is 14.3 Å². The molecule has 0 unspecified atom stereocenters. The largest absolute Gasteiger partial charge is 0.497 e. The molecule has 4 rings (SSSR count). The van der Waals surface area contributed by atoms with E-state index in [1.165, 1.54) is 6.07 Å². The molecule has 0 saturated heterocycles. The third-order valence-corrected chi connectivity index (χ3v) is 6.24. The summed E-state index contributed by atoms with van der Waals surface area (Å²) in [5, 5.41) is 9.25. The lowest BCUT2D eigenvalue weighted by atomic mass is 9.93. The number of halogens is 1. The number of aliphatic carboxylic acids is 1. The standard InChI is InChI=1S/C30H31FO4/c1-19(2)14-23(16-30(32)33)21-7-9-24(10-8-21)35-18-20-4-12-26(22-5-6-22)27(15-20)28-17-25(34-3)11-13-29(28)31/h4,7-15,17,22-23H,5-6,16,18H2,1-3H3,(H,32,33)/t23-/m1/s1. The van der Waals surface area contributed by atoms with Gasteiger partial charge in [-0.15, -0.1) is 0 Å².